The largest absolute Gasteiger partial charge is 0.507 e. The SMILES string of the molecule is CCCOc1ccc(C(O)=C2C(=O)C(=O)N(CCN(C)C)C2c2ccc(Br)cc2)cc1C. The van der Waals surface area contributed by atoms with E-state index in [0.717, 1.165) is 27.8 Å². The minimum absolute atomic E-state index is 0.109. The molecule has 1 aliphatic heterocycles. The predicted molar refractivity (Wildman–Crippen MR) is 129 cm³/mol. The number of carbonyl (C=O) groups excluding carboxylic acids is 2. The minimum atomic E-state index is -0.668. The molecule has 0 spiro atoms. The molecule has 1 aliphatic rings. The summed E-state index contributed by atoms with van der Waals surface area (Å²) < 4.78 is 6.61. The zero-order chi connectivity index (χ0) is 23.4. The number of hydrogen-bond donors (Lipinski definition) is 1. The summed E-state index contributed by atoms with van der Waals surface area (Å²) in [5.74, 6) is -0.702. The number of ether oxygens (including phenoxy) is 1. The lowest BCUT2D eigenvalue weighted by Gasteiger charge is -2.26. The lowest BCUT2D eigenvalue weighted by Crippen LogP contribution is -2.35. The minimum Gasteiger partial charge on any atom is -0.507 e. The van der Waals surface area contributed by atoms with Crippen LogP contribution < -0.4 is 4.74 Å². The molecule has 1 amide bonds. The molecule has 6 nitrogen and oxygen atoms in total. The highest BCUT2D eigenvalue weighted by Gasteiger charge is 2.45. The van der Waals surface area contributed by atoms with E-state index in [1.54, 1.807) is 23.1 Å². The van der Waals surface area contributed by atoms with Crippen LogP contribution >= 0.6 is 15.9 Å². The van der Waals surface area contributed by atoms with Gasteiger partial charge in [0, 0.05) is 23.1 Å². The topological polar surface area (TPSA) is 70.1 Å². The number of likely N-dealkylation sites (N-methyl/N-ethyl adjacent to an activating group) is 1. The van der Waals surface area contributed by atoms with E-state index in [9.17, 15) is 14.7 Å². The van der Waals surface area contributed by atoms with Gasteiger partial charge in [0.15, 0.2) is 0 Å². The zero-order valence-corrected chi connectivity index (χ0v) is 20.5. The van der Waals surface area contributed by atoms with Gasteiger partial charge in [0.1, 0.15) is 11.5 Å². The van der Waals surface area contributed by atoms with Gasteiger partial charge >= 0.3 is 0 Å². The van der Waals surface area contributed by atoms with Crippen molar-refractivity contribution in [3.05, 3.63) is 69.2 Å². The fraction of sp³-hybridized carbons (Fsp3) is 0.360. The van der Waals surface area contributed by atoms with Crippen molar-refractivity contribution in [3.8, 4) is 5.75 Å². The van der Waals surface area contributed by atoms with E-state index in [4.69, 9.17) is 4.74 Å². The van der Waals surface area contributed by atoms with Gasteiger partial charge in [-0.2, -0.15) is 0 Å². The number of hydrogen-bond acceptors (Lipinski definition) is 5. The Morgan fingerprint density at radius 3 is 2.44 bits per heavy atom. The molecule has 1 atom stereocenters. The van der Waals surface area contributed by atoms with Crippen molar-refractivity contribution in [2.24, 2.45) is 0 Å². The molecule has 170 valence electrons. The van der Waals surface area contributed by atoms with Crippen LogP contribution in [-0.4, -0.2) is 60.4 Å². The van der Waals surface area contributed by atoms with E-state index in [1.807, 2.05) is 57.1 Å². The van der Waals surface area contributed by atoms with Gasteiger partial charge < -0.3 is 19.6 Å². The second-order valence-corrected chi connectivity index (χ2v) is 9.09. The van der Waals surface area contributed by atoms with Crippen LogP contribution in [0, 0.1) is 6.92 Å². The average molecular weight is 501 g/mol. The highest BCUT2D eigenvalue weighted by molar-refractivity contribution is 9.10. The van der Waals surface area contributed by atoms with Crippen LogP contribution in [0.5, 0.6) is 5.75 Å². The summed E-state index contributed by atoms with van der Waals surface area (Å²) >= 11 is 3.43. The van der Waals surface area contributed by atoms with E-state index >= 15 is 0 Å². The Bertz CT molecular complexity index is 1030. The van der Waals surface area contributed by atoms with E-state index in [1.165, 1.54) is 0 Å². The highest BCUT2D eigenvalue weighted by atomic mass is 79.9. The predicted octanol–water partition coefficient (Wildman–Crippen LogP) is 4.53. The number of carbonyl (C=O) groups is 2. The lowest BCUT2D eigenvalue weighted by atomic mass is 9.95. The molecule has 1 heterocycles. The second kappa shape index (κ2) is 10.3. The van der Waals surface area contributed by atoms with Gasteiger partial charge in [0.25, 0.3) is 11.7 Å². The standard InChI is InChI=1S/C25H29BrN2O4/c1-5-14-32-20-11-8-18(15-16(20)2)23(29)21-22(17-6-9-19(26)10-7-17)28(13-12-27(3)4)25(31)24(21)30/h6-11,15,22,29H,5,12-14H2,1-4H3. The maximum absolute atomic E-state index is 13.1. The number of rotatable bonds is 8. The molecule has 3 rings (SSSR count). The van der Waals surface area contributed by atoms with Crippen molar-refractivity contribution in [3.63, 3.8) is 0 Å². The first-order valence-corrected chi connectivity index (χ1v) is 11.5. The van der Waals surface area contributed by atoms with Crippen molar-refractivity contribution in [2.45, 2.75) is 26.3 Å². The number of nitrogens with zero attached hydrogens (tertiary/aromatic N) is 2. The number of aryl methyl sites for hydroxylation is 1. The van der Waals surface area contributed by atoms with Crippen LogP contribution in [0.4, 0.5) is 0 Å². The van der Waals surface area contributed by atoms with Gasteiger partial charge in [0.05, 0.1) is 18.2 Å². The molecule has 7 heteroatoms. The Morgan fingerprint density at radius 2 is 1.84 bits per heavy atom. The van der Waals surface area contributed by atoms with E-state index in [2.05, 4.69) is 15.9 Å². The van der Waals surface area contributed by atoms with Crippen LogP contribution in [0.15, 0.2) is 52.5 Å². The van der Waals surface area contributed by atoms with Crippen LogP contribution in [0.3, 0.4) is 0 Å². The molecule has 1 saturated heterocycles. The Hall–Kier alpha value is -2.64. The summed E-state index contributed by atoms with van der Waals surface area (Å²) in [7, 11) is 3.83. The number of aliphatic hydroxyl groups is 1. The molecule has 0 saturated carbocycles. The van der Waals surface area contributed by atoms with Gasteiger partial charge in [-0.15, -0.1) is 0 Å². The van der Waals surface area contributed by atoms with Crippen molar-refractivity contribution >= 4 is 33.4 Å². The second-order valence-electron chi connectivity index (χ2n) is 8.18. The van der Waals surface area contributed by atoms with Crippen LogP contribution in [0.25, 0.3) is 5.76 Å². The monoisotopic (exact) mass is 500 g/mol. The summed E-state index contributed by atoms with van der Waals surface area (Å²) in [4.78, 5) is 29.5. The number of amides is 1. The third-order valence-electron chi connectivity index (χ3n) is 5.42. The van der Waals surface area contributed by atoms with Crippen LogP contribution in [-0.2, 0) is 9.59 Å². The Balaban J connectivity index is 2.09. The Morgan fingerprint density at radius 1 is 1.16 bits per heavy atom. The molecule has 1 N–H and O–H groups in total. The first-order valence-electron chi connectivity index (χ1n) is 10.7. The zero-order valence-electron chi connectivity index (χ0n) is 18.9. The van der Waals surface area contributed by atoms with Crippen molar-refractivity contribution in [1.82, 2.24) is 9.80 Å². The third kappa shape index (κ3) is 5.05. The number of halogens is 1. The number of ketones is 1. The van der Waals surface area contributed by atoms with Crippen LogP contribution in [0.2, 0.25) is 0 Å². The van der Waals surface area contributed by atoms with E-state index in [0.29, 0.717) is 25.3 Å². The maximum Gasteiger partial charge on any atom is 0.295 e. The molecule has 0 aliphatic carbocycles. The van der Waals surface area contributed by atoms with Gasteiger partial charge in [0.2, 0.25) is 0 Å². The van der Waals surface area contributed by atoms with Crippen molar-refractivity contribution in [1.29, 1.82) is 0 Å². The van der Waals surface area contributed by atoms with Crippen molar-refractivity contribution in [2.75, 3.05) is 33.8 Å². The summed E-state index contributed by atoms with van der Waals surface area (Å²) in [6.45, 7) is 5.50. The van der Waals surface area contributed by atoms with E-state index in [-0.39, 0.29) is 11.3 Å². The smallest absolute Gasteiger partial charge is 0.295 e. The molecular weight excluding hydrogens is 472 g/mol. The summed E-state index contributed by atoms with van der Waals surface area (Å²) in [6.07, 6.45) is 0.894. The molecule has 1 fully saturated rings. The molecule has 1 unspecified atom stereocenters. The first kappa shape index (κ1) is 24.0. The number of benzene rings is 2. The van der Waals surface area contributed by atoms with Gasteiger partial charge in [-0.3, -0.25) is 9.59 Å². The normalized spacial score (nSPS) is 17.9. The summed E-state index contributed by atoms with van der Waals surface area (Å²) in [5, 5.41) is 11.2. The van der Waals surface area contributed by atoms with E-state index < -0.39 is 17.7 Å². The summed E-state index contributed by atoms with van der Waals surface area (Å²) in [5.41, 5.74) is 2.22. The number of aliphatic hydroxyl groups excluding tert-OH is 1. The third-order valence-corrected chi connectivity index (χ3v) is 5.95. The van der Waals surface area contributed by atoms with Gasteiger partial charge in [-0.25, -0.2) is 0 Å². The Kier molecular flexibility index (Phi) is 7.74. The molecular formula is C25H29BrN2O4. The molecule has 0 bridgehead atoms. The molecule has 2 aromatic carbocycles. The average Bonchev–Trinajstić information content (AvgIpc) is 3.01. The quantitative estimate of drug-likeness (QED) is 0.327. The summed E-state index contributed by atoms with van der Waals surface area (Å²) in [6, 6.07) is 12.1. The Labute approximate surface area is 197 Å². The van der Waals surface area contributed by atoms with Gasteiger partial charge in [-0.1, -0.05) is 35.0 Å². The fourth-order valence-corrected chi connectivity index (χ4v) is 4.00. The van der Waals surface area contributed by atoms with Gasteiger partial charge in [-0.05, 0) is 68.9 Å². The molecule has 0 radical (unpaired) electrons. The maximum atomic E-state index is 13.1. The molecule has 32 heavy (non-hydrogen) atoms. The van der Waals surface area contributed by atoms with Crippen LogP contribution in [0.1, 0.15) is 36.1 Å². The molecule has 0 aromatic heterocycles. The lowest BCUT2D eigenvalue weighted by molar-refractivity contribution is -0.140. The van der Waals surface area contributed by atoms with Crippen molar-refractivity contribution < 1.29 is 19.4 Å². The fourth-order valence-electron chi connectivity index (χ4n) is 3.74. The first-order chi connectivity index (χ1) is 15.2. The highest BCUT2D eigenvalue weighted by Crippen LogP contribution is 2.40. The number of likely N-dealkylation sites (tertiary alicyclic amines) is 1. The number of Topliss-reactive ketones (excluding diaryl/α,β-unsaturated/α-hetero) is 1. The molecule has 2 aromatic rings.